The Bertz CT molecular complexity index is 508. The van der Waals surface area contributed by atoms with Crippen LogP contribution in [-0.4, -0.2) is 10.3 Å². The number of phenolic OH excluding ortho intramolecular Hbond substituents is 1. The molecule has 0 aliphatic rings. The van der Waals surface area contributed by atoms with Crippen molar-refractivity contribution in [1.29, 1.82) is 0 Å². The van der Waals surface area contributed by atoms with Crippen molar-refractivity contribution in [3.8, 4) is 16.9 Å². The number of hydrogen-bond donors (Lipinski definition) is 2. The number of rotatable bonds is 1. The van der Waals surface area contributed by atoms with E-state index in [4.69, 9.17) is 5.73 Å². The highest BCUT2D eigenvalue weighted by molar-refractivity contribution is 5.73. The van der Waals surface area contributed by atoms with Gasteiger partial charge in [-0.05, 0) is 18.6 Å². The second kappa shape index (κ2) is 3.27. The van der Waals surface area contributed by atoms with Crippen LogP contribution in [0.1, 0.15) is 5.56 Å². The van der Waals surface area contributed by atoms with E-state index in [1.165, 1.54) is 12.3 Å². The van der Waals surface area contributed by atoms with Crippen LogP contribution in [0, 0.1) is 12.7 Å². The molecule has 78 valence electrons. The minimum Gasteiger partial charge on any atom is -0.508 e. The van der Waals surface area contributed by atoms with Crippen molar-refractivity contribution >= 4 is 5.88 Å². The van der Waals surface area contributed by atoms with Gasteiger partial charge in [0, 0.05) is 11.6 Å². The predicted octanol–water partition coefficient (Wildman–Crippen LogP) is 2.08. The summed E-state index contributed by atoms with van der Waals surface area (Å²) in [6, 6.07) is 2.53. The van der Waals surface area contributed by atoms with Crippen molar-refractivity contribution in [1.82, 2.24) is 5.16 Å². The first-order valence-corrected chi connectivity index (χ1v) is 4.29. The molecule has 0 atom stereocenters. The molecule has 0 aliphatic carbocycles. The molecule has 0 radical (unpaired) electrons. The van der Waals surface area contributed by atoms with E-state index in [0.29, 0.717) is 11.1 Å². The van der Waals surface area contributed by atoms with Crippen molar-refractivity contribution < 1.29 is 14.0 Å². The maximum atomic E-state index is 13.5. The van der Waals surface area contributed by atoms with Gasteiger partial charge in [-0.2, -0.15) is 0 Å². The average molecular weight is 208 g/mol. The standard InChI is InChI=1S/C10H9FN2O2/c1-5-2-6(8(11)3-9(5)14)7-4-13-15-10(7)12/h2-4,14H,12H2,1H3. The molecule has 4 nitrogen and oxygen atoms in total. The second-order valence-corrected chi connectivity index (χ2v) is 3.22. The van der Waals surface area contributed by atoms with Gasteiger partial charge in [0.1, 0.15) is 11.6 Å². The monoisotopic (exact) mass is 208 g/mol. The second-order valence-electron chi connectivity index (χ2n) is 3.22. The molecule has 3 N–H and O–H groups in total. The number of aromatic nitrogens is 1. The number of benzene rings is 1. The van der Waals surface area contributed by atoms with Gasteiger partial charge in [0.15, 0.2) is 0 Å². The van der Waals surface area contributed by atoms with Crippen LogP contribution in [-0.2, 0) is 0 Å². The van der Waals surface area contributed by atoms with Crippen molar-refractivity contribution in [2.24, 2.45) is 0 Å². The third kappa shape index (κ3) is 1.52. The van der Waals surface area contributed by atoms with Crippen molar-refractivity contribution in [3.05, 3.63) is 29.7 Å². The fraction of sp³-hybridized carbons (Fsp3) is 0.100. The van der Waals surface area contributed by atoms with Crippen LogP contribution in [0.3, 0.4) is 0 Å². The molecule has 0 amide bonds. The largest absolute Gasteiger partial charge is 0.508 e. The Hall–Kier alpha value is -2.04. The molecule has 1 heterocycles. The number of aromatic hydroxyl groups is 1. The lowest BCUT2D eigenvalue weighted by Crippen LogP contribution is -1.89. The van der Waals surface area contributed by atoms with E-state index < -0.39 is 5.82 Å². The van der Waals surface area contributed by atoms with Crippen molar-refractivity contribution in [2.75, 3.05) is 5.73 Å². The van der Waals surface area contributed by atoms with Crippen molar-refractivity contribution in [2.45, 2.75) is 6.92 Å². The summed E-state index contributed by atoms with van der Waals surface area (Å²) >= 11 is 0. The Morgan fingerprint density at radius 1 is 1.40 bits per heavy atom. The molecule has 0 saturated carbocycles. The fourth-order valence-corrected chi connectivity index (χ4v) is 1.33. The van der Waals surface area contributed by atoms with Gasteiger partial charge >= 0.3 is 0 Å². The van der Waals surface area contributed by atoms with Gasteiger partial charge in [-0.3, -0.25) is 0 Å². The van der Waals surface area contributed by atoms with Gasteiger partial charge in [0.05, 0.1) is 11.8 Å². The highest BCUT2D eigenvalue weighted by atomic mass is 19.1. The van der Waals surface area contributed by atoms with E-state index in [9.17, 15) is 9.50 Å². The van der Waals surface area contributed by atoms with Crippen LogP contribution in [0.25, 0.3) is 11.1 Å². The van der Waals surface area contributed by atoms with Crippen LogP contribution in [0.2, 0.25) is 0 Å². The summed E-state index contributed by atoms with van der Waals surface area (Å²) in [5.74, 6) is -0.599. The number of phenols is 1. The molecule has 0 saturated heterocycles. The molecule has 0 bridgehead atoms. The molecular weight excluding hydrogens is 199 g/mol. The molecule has 15 heavy (non-hydrogen) atoms. The molecular formula is C10H9FN2O2. The third-order valence-corrected chi connectivity index (χ3v) is 2.17. The lowest BCUT2D eigenvalue weighted by molar-refractivity contribution is 0.436. The Balaban J connectivity index is 2.64. The van der Waals surface area contributed by atoms with Gasteiger partial charge in [-0.1, -0.05) is 5.16 Å². The predicted molar refractivity (Wildman–Crippen MR) is 52.7 cm³/mol. The van der Waals surface area contributed by atoms with E-state index in [2.05, 4.69) is 9.68 Å². The van der Waals surface area contributed by atoms with Gasteiger partial charge in [0.25, 0.3) is 0 Å². The molecule has 0 fully saturated rings. The number of nitrogens with two attached hydrogens (primary N) is 1. The topological polar surface area (TPSA) is 72.3 Å². The van der Waals surface area contributed by atoms with Crippen LogP contribution < -0.4 is 5.73 Å². The fourth-order valence-electron chi connectivity index (χ4n) is 1.33. The van der Waals surface area contributed by atoms with Gasteiger partial charge in [0.2, 0.25) is 5.88 Å². The van der Waals surface area contributed by atoms with Crippen LogP contribution in [0.4, 0.5) is 10.3 Å². The molecule has 1 aromatic carbocycles. The van der Waals surface area contributed by atoms with E-state index in [1.807, 2.05) is 0 Å². The summed E-state index contributed by atoms with van der Waals surface area (Å²) in [6.07, 6.45) is 1.34. The maximum absolute atomic E-state index is 13.5. The maximum Gasteiger partial charge on any atom is 0.230 e. The number of halogens is 1. The first-order chi connectivity index (χ1) is 7.09. The minimum atomic E-state index is -0.562. The molecule has 0 unspecified atom stereocenters. The first kappa shape index (κ1) is 9.51. The minimum absolute atomic E-state index is 0.0546. The smallest absolute Gasteiger partial charge is 0.230 e. The number of anilines is 1. The summed E-state index contributed by atoms with van der Waals surface area (Å²) in [5, 5.41) is 12.7. The molecule has 5 heteroatoms. The molecule has 2 rings (SSSR count). The normalized spacial score (nSPS) is 10.5. The van der Waals surface area contributed by atoms with E-state index in [-0.39, 0.29) is 17.2 Å². The number of nitrogen functional groups attached to an aromatic ring is 1. The Morgan fingerprint density at radius 3 is 2.73 bits per heavy atom. The number of aryl methyl sites for hydroxylation is 1. The zero-order chi connectivity index (χ0) is 11.0. The molecule has 1 aromatic heterocycles. The third-order valence-electron chi connectivity index (χ3n) is 2.17. The lowest BCUT2D eigenvalue weighted by Gasteiger charge is -2.04. The zero-order valence-corrected chi connectivity index (χ0v) is 7.99. The number of hydrogen-bond acceptors (Lipinski definition) is 4. The molecule has 0 spiro atoms. The quantitative estimate of drug-likeness (QED) is 0.752. The average Bonchev–Trinajstić information content (AvgIpc) is 2.58. The lowest BCUT2D eigenvalue weighted by atomic mass is 10.0. The number of nitrogens with zero attached hydrogens (tertiary/aromatic N) is 1. The van der Waals surface area contributed by atoms with E-state index in [0.717, 1.165) is 6.07 Å². The Morgan fingerprint density at radius 2 is 2.13 bits per heavy atom. The summed E-state index contributed by atoms with van der Waals surface area (Å²) < 4.78 is 18.1. The summed E-state index contributed by atoms with van der Waals surface area (Å²) in [6.45, 7) is 1.67. The van der Waals surface area contributed by atoms with Crippen LogP contribution in [0.15, 0.2) is 22.9 Å². The van der Waals surface area contributed by atoms with Crippen molar-refractivity contribution in [3.63, 3.8) is 0 Å². The van der Waals surface area contributed by atoms with E-state index >= 15 is 0 Å². The van der Waals surface area contributed by atoms with Gasteiger partial charge < -0.3 is 15.4 Å². The molecule has 0 aliphatic heterocycles. The van der Waals surface area contributed by atoms with E-state index in [1.54, 1.807) is 6.92 Å². The van der Waals surface area contributed by atoms with Gasteiger partial charge in [-0.15, -0.1) is 0 Å². The van der Waals surface area contributed by atoms with Crippen LogP contribution in [0.5, 0.6) is 5.75 Å². The summed E-state index contributed by atoms with van der Waals surface area (Å²) in [5.41, 5.74) is 6.69. The highest BCUT2D eigenvalue weighted by Crippen LogP contribution is 2.31. The Labute approximate surface area is 85.1 Å². The summed E-state index contributed by atoms with van der Waals surface area (Å²) in [4.78, 5) is 0. The Kier molecular flexibility index (Phi) is 2.07. The van der Waals surface area contributed by atoms with Gasteiger partial charge in [-0.25, -0.2) is 4.39 Å². The van der Waals surface area contributed by atoms with Crippen LogP contribution >= 0.6 is 0 Å². The SMILES string of the molecule is Cc1cc(-c2cnoc2N)c(F)cc1O. The first-order valence-electron chi connectivity index (χ1n) is 4.29. The summed E-state index contributed by atoms with van der Waals surface area (Å²) in [7, 11) is 0. The zero-order valence-electron chi connectivity index (χ0n) is 7.99. The highest BCUT2D eigenvalue weighted by Gasteiger charge is 2.13. The molecule has 2 aromatic rings.